The van der Waals surface area contributed by atoms with Crippen molar-refractivity contribution in [3.05, 3.63) is 58.1 Å². The molecule has 0 fully saturated rings. The van der Waals surface area contributed by atoms with Crippen LogP contribution >= 0.6 is 28.1 Å². The van der Waals surface area contributed by atoms with Crippen LogP contribution in [0.1, 0.15) is 54.8 Å². The van der Waals surface area contributed by atoms with Gasteiger partial charge in [-0.3, -0.25) is 14.9 Å². The zero-order valence-electron chi connectivity index (χ0n) is 17.5. The average Bonchev–Trinajstić information content (AvgIpc) is 2.66. The van der Waals surface area contributed by atoms with Gasteiger partial charge in [0, 0.05) is 22.4 Å². The number of carbonyl (C=O) groups excluding carboxylic acids is 2. The third-order valence-electron chi connectivity index (χ3n) is 3.78. The van der Waals surface area contributed by atoms with E-state index in [1.165, 1.54) is 0 Å². The number of hydrogen-bond donors (Lipinski definition) is 3. The molecule has 0 bridgehead atoms. The molecule has 2 rings (SSSR count). The summed E-state index contributed by atoms with van der Waals surface area (Å²) in [6.45, 7) is 8.40. The molecule has 0 aliphatic carbocycles. The van der Waals surface area contributed by atoms with Crippen molar-refractivity contribution in [1.29, 1.82) is 0 Å². The second kappa shape index (κ2) is 10.5. The van der Waals surface area contributed by atoms with E-state index in [2.05, 4.69) is 31.9 Å². The molecule has 0 radical (unpaired) electrons. The number of nitrogens with one attached hydrogen (secondary N) is 3. The molecular weight excluding hydrogens is 466 g/mol. The Morgan fingerprint density at radius 1 is 1.03 bits per heavy atom. The van der Waals surface area contributed by atoms with Crippen molar-refractivity contribution in [2.45, 2.75) is 39.7 Å². The molecule has 0 spiro atoms. The first-order valence-corrected chi connectivity index (χ1v) is 10.8. The van der Waals surface area contributed by atoms with E-state index in [1.807, 2.05) is 27.7 Å². The van der Waals surface area contributed by atoms with E-state index in [4.69, 9.17) is 17.0 Å². The largest absolute Gasteiger partial charge is 0.492 e. The van der Waals surface area contributed by atoms with Gasteiger partial charge in [-0.05, 0) is 97.8 Å². The maximum Gasteiger partial charge on any atom is 0.257 e. The molecule has 2 amide bonds. The summed E-state index contributed by atoms with van der Waals surface area (Å²) in [4.78, 5) is 24.6. The highest BCUT2D eigenvalue weighted by Gasteiger charge is 2.15. The third kappa shape index (κ3) is 7.42. The van der Waals surface area contributed by atoms with Gasteiger partial charge in [0.1, 0.15) is 5.75 Å². The second-order valence-electron chi connectivity index (χ2n) is 7.68. The number of halogens is 1. The molecular formula is C22H26BrN3O3S. The zero-order valence-corrected chi connectivity index (χ0v) is 19.9. The maximum absolute atomic E-state index is 12.4. The minimum Gasteiger partial charge on any atom is -0.492 e. The first-order chi connectivity index (χ1) is 14.1. The lowest BCUT2D eigenvalue weighted by molar-refractivity contribution is 0.0918. The van der Waals surface area contributed by atoms with Crippen LogP contribution in [0, 0.1) is 0 Å². The van der Waals surface area contributed by atoms with Crippen LogP contribution in [0.3, 0.4) is 0 Å². The summed E-state index contributed by atoms with van der Waals surface area (Å²) in [5.74, 6) is 0.197. The van der Waals surface area contributed by atoms with Crippen LogP contribution in [-0.4, -0.2) is 29.1 Å². The summed E-state index contributed by atoms with van der Waals surface area (Å²) in [5.41, 5.74) is 1.34. The van der Waals surface area contributed by atoms with Crippen LogP contribution in [0.2, 0.25) is 0 Å². The van der Waals surface area contributed by atoms with Crippen molar-refractivity contribution < 1.29 is 14.3 Å². The smallest absolute Gasteiger partial charge is 0.257 e. The fourth-order valence-electron chi connectivity index (χ4n) is 2.43. The highest BCUT2D eigenvalue weighted by molar-refractivity contribution is 9.10. The molecule has 0 aliphatic rings. The van der Waals surface area contributed by atoms with Crippen LogP contribution < -0.4 is 20.7 Å². The van der Waals surface area contributed by atoms with Crippen LogP contribution in [0.4, 0.5) is 5.69 Å². The Hall–Kier alpha value is -2.45. The van der Waals surface area contributed by atoms with Gasteiger partial charge < -0.3 is 15.4 Å². The van der Waals surface area contributed by atoms with E-state index in [1.54, 1.807) is 42.5 Å². The van der Waals surface area contributed by atoms with Gasteiger partial charge in [0.2, 0.25) is 0 Å². The molecule has 0 saturated carbocycles. The van der Waals surface area contributed by atoms with E-state index < -0.39 is 0 Å². The lowest BCUT2D eigenvalue weighted by Crippen LogP contribution is -2.40. The number of rotatable bonds is 6. The van der Waals surface area contributed by atoms with Crippen LogP contribution in [0.15, 0.2) is 46.9 Å². The SMILES string of the molecule is CCCOc1ccc(C(=O)NC(=S)Nc2ccc(C(=O)NC(C)(C)C)cc2)cc1Br. The molecule has 0 heterocycles. The number of anilines is 1. The monoisotopic (exact) mass is 491 g/mol. The predicted molar refractivity (Wildman–Crippen MR) is 127 cm³/mol. The van der Waals surface area contributed by atoms with Crippen molar-refractivity contribution in [2.24, 2.45) is 0 Å². The topological polar surface area (TPSA) is 79.5 Å². The Bertz CT molecular complexity index is 924. The van der Waals surface area contributed by atoms with Crippen molar-refractivity contribution in [3.63, 3.8) is 0 Å². The Morgan fingerprint density at radius 2 is 1.67 bits per heavy atom. The molecule has 2 aromatic rings. The molecule has 0 saturated heterocycles. The van der Waals surface area contributed by atoms with Crippen LogP contribution in [-0.2, 0) is 0 Å². The van der Waals surface area contributed by atoms with E-state index in [0.29, 0.717) is 33.6 Å². The van der Waals surface area contributed by atoms with Gasteiger partial charge in [-0.1, -0.05) is 6.92 Å². The molecule has 0 atom stereocenters. The molecule has 0 aliphatic heterocycles. The quantitative estimate of drug-likeness (QED) is 0.501. The minimum absolute atomic E-state index is 0.151. The van der Waals surface area contributed by atoms with Crippen molar-refractivity contribution in [3.8, 4) is 5.75 Å². The molecule has 30 heavy (non-hydrogen) atoms. The summed E-state index contributed by atoms with van der Waals surface area (Å²) < 4.78 is 6.29. The summed E-state index contributed by atoms with van der Waals surface area (Å²) in [7, 11) is 0. The first-order valence-electron chi connectivity index (χ1n) is 9.56. The lowest BCUT2D eigenvalue weighted by Gasteiger charge is -2.20. The normalized spacial score (nSPS) is 10.8. The van der Waals surface area contributed by atoms with Crippen molar-refractivity contribution in [2.75, 3.05) is 11.9 Å². The molecule has 3 N–H and O–H groups in total. The van der Waals surface area contributed by atoms with Crippen molar-refractivity contribution in [1.82, 2.24) is 10.6 Å². The van der Waals surface area contributed by atoms with Gasteiger partial charge in [-0.2, -0.15) is 0 Å². The highest BCUT2D eigenvalue weighted by Crippen LogP contribution is 2.26. The number of thiocarbonyl (C=S) groups is 1. The van der Waals surface area contributed by atoms with Gasteiger partial charge in [0.15, 0.2) is 5.11 Å². The average molecular weight is 492 g/mol. The third-order valence-corrected chi connectivity index (χ3v) is 4.60. The Kier molecular flexibility index (Phi) is 8.37. The van der Waals surface area contributed by atoms with E-state index >= 15 is 0 Å². The molecule has 2 aromatic carbocycles. The van der Waals surface area contributed by atoms with Gasteiger partial charge in [-0.15, -0.1) is 0 Å². The molecule has 0 aromatic heterocycles. The number of hydrogen-bond acceptors (Lipinski definition) is 4. The standard InChI is InChI=1S/C22H26BrN3O3S/c1-5-12-29-18-11-8-15(13-17(18)23)19(27)25-21(30)24-16-9-6-14(7-10-16)20(28)26-22(2,3)4/h6-11,13H,5,12H2,1-4H3,(H,26,28)(H2,24,25,27,30). The summed E-state index contributed by atoms with van der Waals surface area (Å²) in [5, 5.41) is 8.65. The van der Waals surface area contributed by atoms with Gasteiger partial charge in [0.05, 0.1) is 11.1 Å². The van der Waals surface area contributed by atoms with E-state index in [-0.39, 0.29) is 22.5 Å². The lowest BCUT2D eigenvalue weighted by atomic mass is 10.1. The zero-order chi connectivity index (χ0) is 22.3. The summed E-state index contributed by atoms with van der Waals surface area (Å²) in [6, 6.07) is 12.0. The summed E-state index contributed by atoms with van der Waals surface area (Å²) in [6.07, 6.45) is 0.900. The Labute approximate surface area is 190 Å². The number of amides is 2. The van der Waals surface area contributed by atoms with Crippen LogP contribution in [0.25, 0.3) is 0 Å². The predicted octanol–water partition coefficient (Wildman–Crippen LogP) is 4.89. The Morgan fingerprint density at radius 3 is 2.23 bits per heavy atom. The molecule has 8 heteroatoms. The van der Waals surface area contributed by atoms with E-state index in [9.17, 15) is 9.59 Å². The fraction of sp³-hybridized carbons (Fsp3) is 0.318. The second-order valence-corrected chi connectivity index (χ2v) is 8.95. The first kappa shape index (κ1) is 23.8. The molecule has 160 valence electrons. The fourth-order valence-corrected chi connectivity index (χ4v) is 3.13. The molecule has 0 unspecified atom stereocenters. The Balaban J connectivity index is 1.94. The highest BCUT2D eigenvalue weighted by atomic mass is 79.9. The maximum atomic E-state index is 12.4. The number of ether oxygens (including phenoxy) is 1. The van der Waals surface area contributed by atoms with E-state index in [0.717, 1.165) is 6.42 Å². The van der Waals surface area contributed by atoms with Crippen molar-refractivity contribution >= 4 is 50.8 Å². The van der Waals surface area contributed by atoms with Gasteiger partial charge in [0.25, 0.3) is 11.8 Å². The summed E-state index contributed by atoms with van der Waals surface area (Å²) >= 11 is 8.64. The number of carbonyl (C=O) groups is 2. The van der Waals surface area contributed by atoms with Crippen LogP contribution in [0.5, 0.6) is 5.75 Å². The van der Waals surface area contributed by atoms with Gasteiger partial charge >= 0.3 is 0 Å². The van der Waals surface area contributed by atoms with Gasteiger partial charge in [-0.25, -0.2) is 0 Å². The number of benzene rings is 2. The molecule has 6 nitrogen and oxygen atoms in total. The minimum atomic E-state index is -0.337.